The fourth-order valence-electron chi connectivity index (χ4n) is 10.9. The van der Waals surface area contributed by atoms with E-state index in [4.69, 9.17) is 52.1 Å². The number of nitrogens with one attached hydrogen (secondary N) is 7. The van der Waals surface area contributed by atoms with E-state index in [2.05, 4.69) is 42.0 Å². The maximum absolute atomic E-state index is 14.0. The van der Waals surface area contributed by atoms with E-state index >= 15 is 0 Å². The lowest BCUT2D eigenvalue weighted by Crippen LogP contribution is -2.59. The Morgan fingerprint density at radius 3 is 0.945 bits per heavy atom. The quantitative estimate of drug-likeness (QED) is 0.00776. The van der Waals surface area contributed by atoms with Gasteiger partial charge in [-0.2, -0.15) is 8.78 Å². The van der Waals surface area contributed by atoms with Crippen LogP contribution in [-0.4, -0.2) is 318 Å². The third-order valence-corrected chi connectivity index (χ3v) is 17.1. The number of carbonyl (C=O) groups is 8. The van der Waals surface area contributed by atoms with Gasteiger partial charge in [0.1, 0.15) is 42.2 Å². The number of hydrogen-bond donors (Lipinski definition) is 16. The predicted octanol–water partition coefficient (Wildman–Crippen LogP) is -2.91. The first kappa shape index (κ1) is 96.2. The molecule has 3 saturated heterocycles. The minimum absolute atomic E-state index is 0.0180. The van der Waals surface area contributed by atoms with Gasteiger partial charge in [0, 0.05) is 123 Å². The van der Waals surface area contributed by atoms with Crippen LogP contribution in [0.25, 0.3) is 0 Å². The Kier molecular flexibility index (Phi) is 48.4. The lowest BCUT2D eigenvalue weighted by Gasteiger charge is -2.36. The Labute approximate surface area is 633 Å². The van der Waals surface area contributed by atoms with E-state index in [0.717, 1.165) is 0 Å². The first-order chi connectivity index (χ1) is 52.8. The number of halogens is 5. The van der Waals surface area contributed by atoms with E-state index in [1.807, 2.05) is 0 Å². The fourth-order valence-corrected chi connectivity index (χ4v) is 10.9. The van der Waals surface area contributed by atoms with Crippen LogP contribution in [0.4, 0.5) is 22.0 Å². The second kappa shape index (κ2) is 55.3. The van der Waals surface area contributed by atoms with Crippen molar-refractivity contribution in [3.8, 4) is 5.75 Å². The summed E-state index contributed by atoms with van der Waals surface area (Å²) in [5.74, 6) is -17.6. The van der Waals surface area contributed by atoms with Crippen molar-refractivity contribution < 1.29 is 163 Å². The van der Waals surface area contributed by atoms with Gasteiger partial charge in [0.2, 0.25) is 76.2 Å². The summed E-state index contributed by atoms with van der Waals surface area (Å²) in [7, 11) is 0. The number of benzene rings is 1. The average Bonchev–Trinajstić information content (AvgIpc) is 0.797. The molecule has 632 valence electrons. The van der Waals surface area contributed by atoms with Crippen molar-refractivity contribution in [3.63, 3.8) is 0 Å². The van der Waals surface area contributed by atoms with Gasteiger partial charge >= 0.3 is 5.97 Å². The van der Waals surface area contributed by atoms with Gasteiger partial charge in [0.05, 0.1) is 111 Å². The molecular formula is C69H112F5N7O29. The van der Waals surface area contributed by atoms with Gasteiger partial charge in [-0.3, -0.25) is 38.4 Å². The van der Waals surface area contributed by atoms with Crippen LogP contribution in [0.15, 0.2) is 0 Å². The second-order valence-corrected chi connectivity index (χ2v) is 26.2. The normalized spacial score (nSPS) is 22.1. The van der Waals surface area contributed by atoms with E-state index in [-0.39, 0.29) is 200 Å². The molecule has 3 aliphatic rings. The highest BCUT2D eigenvalue weighted by Gasteiger charge is 2.40. The number of amides is 7. The molecule has 3 aliphatic heterocycles. The minimum Gasteiger partial charge on any atom is -0.420 e. The molecule has 1 aromatic rings. The lowest BCUT2D eigenvalue weighted by atomic mass is 10.0. The average molecular weight is 1600 g/mol. The van der Waals surface area contributed by atoms with E-state index in [9.17, 15) is 106 Å². The van der Waals surface area contributed by atoms with Crippen LogP contribution in [0.5, 0.6) is 5.75 Å². The smallest absolute Gasteiger partial charge is 0.313 e. The van der Waals surface area contributed by atoms with Gasteiger partial charge in [0.25, 0.3) is 0 Å². The molecule has 3 heterocycles. The molecule has 110 heavy (non-hydrogen) atoms. The number of carbonyl (C=O) groups excluding carboxylic acids is 8. The second-order valence-electron chi connectivity index (χ2n) is 26.2. The molecule has 1 aromatic carbocycles. The van der Waals surface area contributed by atoms with E-state index < -0.39 is 177 Å². The maximum Gasteiger partial charge on any atom is 0.313 e. The molecule has 16 N–H and O–H groups in total. The zero-order valence-electron chi connectivity index (χ0n) is 61.7. The topological polar surface area (TPSA) is 514 Å². The van der Waals surface area contributed by atoms with Gasteiger partial charge in [-0.05, 0) is 57.8 Å². The third-order valence-electron chi connectivity index (χ3n) is 17.1. The SMILES string of the molecule is O=C(CCCCO[C@H]1C[C@@H](O)[C@@H](O)[C@@H](CO)O1)NCCCNC(=O)CCOCC(COCCC(=O)NCCCNC(=O)CCCCO[C@H]1C[C@@H](O)[C@@H](O)[C@@H](CO)O1)(COCCC(=O)NCCCNC(=O)CCCCO[C@H]1C[C@@H](O)[C@@H](O)[C@@H](CO)O1)NC(=O)CCOCCOCCC(=O)Oc1c(F)c(F)c(F)c(F)c1F. The fraction of sp³-hybridized carbons (Fsp3) is 0.797. The van der Waals surface area contributed by atoms with Gasteiger partial charge < -0.3 is 140 Å². The number of hydrogen-bond acceptors (Lipinski definition) is 29. The maximum atomic E-state index is 14.0. The van der Waals surface area contributed by atoms with Crippen LogP contribution >= 0.6 is 0 Å². The van der Waals surface area contributed by atoms with Gasteiger partial charge in [-0.25, -0.2) is 13.2 Å². The van der Waals surface area contributed by atoms with Crippen molar-refractivity contribution in [1.82, 2.24) is 37.2 Å². The monoisotopic (exact) mass is 1600 g/mol. The van der Waals surface area contributed by atoms with Crippen molar-refractivity contribution in [1.29, 1.82) is 0 Å². The molecule has 4 rings (SSSR count). The minimum atomic E-state index is -2.44. The van der Waals surface area contributed by atoms with Crippen molar-refractivity contribution in [2.45, 2.75) is 208 Å². The first-order valence-electron chi connectivity index (χ1n) is 37.0. The molecule has 0 radical (unpaired) electrons. The molecule has 36 nitrogen and oxygen atoms in total. The van der Waals surface area contributed by atoms with Crippen LogP contribution in [0.2, 0.25) is 0 Å². The van der Waals surface area contributed by atoms with Crippen LogP contribution in [-0.2, 0) is 90.5 Å². The van der Waals surface area contributed by atoms with Crippen molar-refractivity contribution in [2.24, 2.45) is 0 Å². The van der Waals surface area contributed by atoms with Crippen molar-refractivity contribution in [3.05, 3.63) is 29.1 Å². The highest BCUT2D eigenvalue weighted by atomic mass is 19.2. The number of rotatable bonds is 59. The predicted molar refractivity (Wildman–Crippen MR) is 368 cm³/mol. The lowest BCUT2D eigenvalue weighted by molar-refractivity contribution is -0.257. The van der Waals surface area contributed by atoms with Gasteiger partial charge in [0.15, 0.2) is 18.9 Å². The molecule has 3 fully saturated rings. The summed E-state index contributed by atoms with van der Waals surface area (Å²) >= 11 is 0. The molecule has 0 bridgehead atoms. The van der Waals surface area contributed by atoms with Crippen LogP contribution < -0.4 is 42.0 Å². The third kappa shape index (κ3) is 38.6. The zero-order chi connectivity index (χ0) is 80.6. The molecule has 12 atom stereocenters. The molecular weight excluding hydrogens is 1490 g/mol. The summed E-state index contributed by atoms with van der Waals surface area (Å²) in [6.07, 6.45) is -9.54. The standard InChI is InChI=1S/C69H112F5N7O29/c70-60-61(71)63(73)68(64(74)62(60)72)110-56(95)17-31-100-33-32-99-27-16-55(94)81-69(40-101-28-13-52(91)78-21-7-18-75-49(88)10-1-4-24-104-57-34-43(85)65(96)46(37-82)107-57,41-102-29-14-53(92)79-22-8-19-76-50(89)11-2-5-25-105-58-35-44(86)66(97)47(38-83)108-58)42-103-30-15-54(93)80-23-9-20-77-51(90)12-3-6-26-106-59-36-45(87)67(98)48(39-84)109-59/h43-48,57-59,65-67,82-87,96-98H,1-42H2,(H,75,88)(H,76,89)(H,77,90)(H,78,91)(H,79,92)(H,80,93)(H,81,94)/t43-,44-,45-,46-,47-,48-,57-,58-,59-,65-,66-,67-/m1/s1. The molecule has 0 unspecified atom stereocenters. The number of ether oxygens (including phenoxy) is 12. The molecule has 0 aliphatic carbocycles. The Bertz CT molecular complexity index is 2650. The Hall–Kier alpha value is -6.17. The summed E-state index contributed by atoms with van der Waals surface area (Å²) in [5, 5.41) is 107. The van der Waals surface area contributed by atoms with E-state index in [1.165, 1.54) is 0 Å². The van der Waals surface area contributed by atoms with Gasteiger partial charge in [-0.15, -0.1) is 0 Å². The molecule has 7 amide bonds. The van der Waals surface area contributed by atoms with E-state index in [0.29, 0.717) is 57.8 Å². The van der Waals surface area contributed by atoms with E-state index in [1.54, 1.807) is 0 Å². The van der Waals surface area contributed by atoms with Crippen molar-refractivity contribution in [2.75, 3.05) is 145 Å². The summed E-state index contributed by atoms with van der Waals surface area (Å²) < 4.78 is 135. The number of aliphatic hydroxyl groups is 9. The summed E-state index contributed by atoms with van der Waals surface area (Å²) in [6, 6.07) is 0. The largest absolute Gasteiger partial charge is 0.420 e. The summed E-state index contributed by atoms with van der Waals surface area (Å²) in [6.45, 7) is -2.45. The van der Waals surface area contributed by atoms with Gasteiger partial charge in [-0.1, -0.05) is 0 Å². The summed E-state index contributed by atoms with van der Waals surface area (Å²) in [4.78, 5) is 102. The molecule has 0 saturated carbocycles. The molecule has 0 spiro atoms. The van der Waals surface area contributed by atoms with Crippen LogP contribution in [0.3, 0.4) is 0 Å². The van der Waals surface area contributed by atoms with Crippen LogP contribution in [0.1, 0.15) is 128 Å². The highest BCUT2D eigenvalue weighted by molar-refractivity contribution is 5.79. The number of esters is 1. The molecule has 41 heteroatoms. The van der Waals surface area contributed by atoms with Crippen molar-refractivity contribution >= 4 is 47.3 Å². The number of unbranched alkanes of at least 4 members (excludes halogenated alkanes) is 3. The van der Waals surface area contributed by atoms with Crippen LogP contribution in [0, 0.1) is 29.1 Å². The summed E-state index contributed by atoms with van der Waals surface area (Å²) in [5.41, 5.74) is -1.58. The Morgan fingerprint density at radius 1 is 0.345 bits per heavy atom. The Morgan fingerprint density at radius 2 is 0.627 bits per heavy atom. The highest BCUT2D eigenvalue weighted by Crippen LogP contribution is 2.30. The number of aliphatic hydroxyl groups excluding tert-OH is 9. The first-order valence-corrected chi connectivity index (χ1v) is 37.0. The Balaban J connectivity index is 1.28. The zero-order valence-corrected chi connectivity index (χ0v) is 61.7. The molecule has 0 aromatic heterocycles.